The number of unbranched alkanes of at least 4 members (excludes halogenated alkanes) is 1. The van der Waals surface area contributed by atoms with Crippen molar-refractivity contribution in [3.63, 3.8) is 0 Å². The number of amides is 2. The van der Waals surface area contributed by atoms with Gasteiger partial charge in [0.1, 0.15) is 12.6 Å². The van der Waals surface area contributed by atoms with Crippen molar-refractivity contribution >= 4 is 35.7 Å². The van der Waals surface area contributed by atoms with Gasteiger partial charge >= 0.3 is 23.9 Å². The molecule has 3 unspecified atom stereocenters. The summed E-state index contributed by atoms with van der Waals surface area (Å²) in [5.74, 6) is -6.26. The Balaban J connectivity index is 0. The molecule has 2 amide bonds. The van der Waals surface area contributed by atoms with E-state index >= 15 is 0 Å². The van der Waals surface area contributed by atoms with Crippen LogP contribution in [0.2, 0.25) is 0 Å². The highest BCUT2D eigenvalue weighted by Crippen LogP contribution is 2.00. The minimum absolute atomic E-state index is 0.0131. The number of hydrogen-bond acceptors (Lipinski definition) is 9. The monoisotopic (exact) mass is 465 g/mol. The standard InChI is InChI=1S/C10H19N3O5.C7H12N2O5/c11-4-2-1-3-6(12)9(16)13-7(10(17)18)5-8(14)15;8-4(1-2-5(10)11)7(14)9-3-6(12)13/h6-7H,1-5,11-12H2,(H,13,16)(H,14,15)(H,17,18);4H,1-3,8H2,(H,9,14)(H,10,11)(H,12,13). The molecule has 15 heteroatoms. The number of nitrogens with two attached hydrogens (primary N) is 3. The summed E-state index contributed by atoms with van der Waals surface area (Å²) in [4.78, 5) is 63.8. The van der Waals surface area contributed by atoms with Gasteiger partial charge in [0, 0.05) is 6.42 Å². The van der Waals surface area contributed by atoms with Crippen molar-refractivity contribution in [3.8, 4) is 0 Å². The first-order chi connectivity index (χ1) is 14.8. The smallest absolute Gasteiger partial charge is 0.326 e. The Morgan fingerprint density at radius 3 is 1.75 bits per heavy atom. The maximum absolute atomic E-state index is 11.5. The molecule has 0 fully saturated rings. The molecule has 0 aromatic rings. The molecule has 3 atom stereocenters. The van der Waals surface area contributed by atoms with Crippen LogP contribution in [0.1, 0.15) is 38.5 Å². The minimum atomic E-state index is -1.46. The number of nitrogens with one attached hydrogen (secondary N) is 2. The lowest BCUT2D eigenvalue weighted by molar-refractivity contribution is -0.147. The number of carboxylic acid groups (broad SMARTS) is 4. The van der Waals surface area contributed by atoms with Crippen molar-refractivity contribution in [1.29, 1.82) is 0 Å². The highest BCUT2D eigenvalue weighted by Gasteiger charge is 2.25. The number of aliphatic carboxylic acids is 4. The minimum Gasteiger partial charge on any atom is -0.481 e. The van der Waals surface area contributed by atoms with Gasteiger partial charge in [-0.2, -0.15) is 0 Å². The number of hydrogen-bond donors (Lipinski definition) is 9. The van der Waals surface area contributed by atoms with Crippen molar-refractivity contribution in [3.05, 3.63) is 0 Å². The van der Waals surface area contributed by atoms with Crippen LogP contribution in [-0.2, 0) is 28.8 Å². The topological polar surface area (TPSA) is 285 Å². The van der Waals surface area contributed by atoms with E-state index in [1.165, 1.54) is 0 Å². The quantitative estimate of drug-likeness (QED) is 0.108. The molecule has 184 valence electrons. The summed E-state index contributed by atoms with van der Waals surface area (Å²) >= 11 is 0. The molecule has 0 aromatic heterocycles. The van der Waals surface area contributed by atoms with Crippen LogP contribution >= 0.6 is 0 Å². The van der Waals surface area contributed by atoms with Gasteiger partial charge in [0.2, 0.25) is 11.8 Å². The van der Waals surface area contributed by atoms with Crippen molar-refractivity contribution < 1.29 is 49.2 Å². The van der Waals surface area contributed by atoms with Crippen LogP contribution in [0.5, 0.6) is 0 Å². The van der Waals surface area contributed by atoms with Gasteiger partial charge in [0.05, 0.1) is 18.5 Å². The summed E-state index contributed by atoms with van der Waals surface area (Å²) in [5.41, 5.74) is 16.1. The van der Waals surface area contributed by atoms with Crippen LogP contribution in [0.25, 0.3) is 0 Å². The predicted octanol–water partition coefficient (Wildman–Crippen LogP) is -3.13. The Kier molecular flexibility index (Phi) is 16.8. The van der Waals surface area contributed by atoms with Crippen LogP contribution in [0.4, 0.5) is 0 Å². The first kappa shape index (κ1) is 30.9. The maximum Gasteiger partial charge on any atom is 0.326 e. The molecule has 0 saturated carbocycles. The van der Waals surface area contributed by atoms with Crippen molar-refractivity contribution in [1.82, 2.24) is 10.6 Å². The third-order valence-corrected chi connectivity index (χ3v) is 3.72. The maximum atomic E-state index is 11.5. The van der Waals surface area contributed by atoms with Crippen LogP contribution in [0.3, 0.4) is 0 Å². The van der Waals surface area contributed by atoms with Gasteiger partial charge in [-0.15, -0.1) is 0 Å². The summed E-state index contributed by atoms with van der Waals surface area (Å²) < 4.78 is 0. The lowest BCUT2D eigenvalue weighted by Crippen LogP contribution is -2.49. The Labute approximate surface area is 183 Å². The highest BCUT2D eigenvalue weighted by molar-refractivity contribution is 5.89. The van der Waals surface area contributed by atoms with Crippen LogP contribution < -0.4 is 27.8 Å². The lowest BCUT2D eigenvalue weighted by Gasteiger charge is -2.16. The van der Waals surface area contributed by atoms with Crippen LogP contribution in [0, 0.1) is 0 Å². The number of carboxylic acids is 4. The van der Waals surface area contributed by atoms with Crippen LogP contribution in [-0.4, -0.2) is 87.3 Å². The van der Waals surface area contributed by atoms with E-state index in [1.54, 1.807) is 0 Å². The molecule has 12 N–H and O–H groups in total. The second kappa shape index (κ2) is 17.4. The van der Waals surface area contributed by atoms with Gasteiger partial charge in [-0.3, -0.25) is 24.0 Å². The molecule has 0 aliphatic rings. The fourth-order valence-electron chi connectivity index (χ4n) is 2.00. The molecule has 0 aliphatic carbocycles. The predicted molar refractivity (Wildman–Crippen MR) is 108 cm³/mol. The van der Waals surface area contributed by atoms with E-state index in [2.05, 4.69) is 5.32 Å². The Hall–Kier alpha value is -3.30. The number of carbonyl (C=O) groups excluding carboxylic acids is 2. The lowest BCUT2D eigenvalue weighted by atomic mass is 10.1. The molecular weight excluding hydrogens is 434 g/mol. The zero-order valence-corrected chi connectivity index (χ0v) is 17.4. The van der Waals surface area contributed by atoms with Gasteiger partial charge in [-0.1, -0.05) is 6.42 Å². The average molecular weight is 465 g/mol. The molecule has 0 bridgehead atoms. The van der Waals surface area contributed by atoms with Crippen molar-refractivity contribution in [2.45, 2.75) is 56.7 Å². The van der Waals surface area contributed by atoms with Gasteiger partial charge in [-0.25, -0.2) is 4.79 Å². The zero-order chi connectivity index (χ0) is 25.3. The Morgan fingerprint density at radius 2 is 1.31 bits per heavy atom. The summed E-state index contributed by atoms with van der Waals surface area (Å²) in [5, 5.41) is 37.9. The van der Waals surface area contributed by atoms with Crippen molar-refractivity contribution in [2.75, 3.05) is 13.1 Å². The fourth-order valence-corrected chi connectivity index (χ4v) is 2.00. The van der Waals surface area contributed by atoms with Crippen molar-refractivity contribution in [2.24, 2.45) is 17.2 Å². The van der Waals surface area contributed by atoms with Gasteiger partial charge < -0.3 is 48.3 Å². The molecule has 32 heavy (non-hydrogen) atoms. The molecule has 15 nitrogen and oxygen atoms in total. The fraction of sp³-hybridized carbons (Fsp3) is 0.647. The summed E-state index contributed by atoms with van der Waals surface area (Å²) in [7, 11) is 0. The molecule has 0 aromatic carbocycles. The van der Waals surface area contributed by atoms with E-state index in [9.17, 15) is 28.8 Å². The Morgan fingerprint density at radius 1 is 0.750 bits per heavy atom. The zero-order valence-electron chi connectivity index (χ0n) is 17.4. The molecular formula is C17H31N5O10. The third kappa shape index (κ3) is 17.5. The second-order valence-electron chi connectivity index (χ2n) is 6.54. The molecule has 0 heterocycles. The average Bonchev–Trinajstić information content (AvgIpc) is 2.69. The first-order valence-electron chi connectivity index (χ1n) is 9.49. The number of carbonyl (C=O) groups is 6. The van der Waals surface area contributed by atoms with E-state index in [4.69, 9.17) is 37.6 Å². The van der Waals surface area contributed by atoms with Gasteiger partial charge in [0.15, 0.2) is 0 Å². The second-order valence-corrected chi connectivity index (χ2v) is 6.54. The van der Waals surface area contributed by atoms with E-state index in [-0.39, 0.29) is 12.8 Å². The first-order valence-corrected chi connectivity index (χ1v) is 9.49. The highest BCUT2D eigenvalue weighted by atomic mass is 16.4. The van der Waals surface area contributed by atoms with E-state index in [0.29, 0.717) is 19.4 Å². The summed E-state index contributed by atoms with van der Waals surface area (Å²) in [6.45, 7) is -0.0231. The number of rotatable bonds is 15. The molecule has 0 saturated heterocycles. The SMILES string of the molecule is NC(CCC(=O)O)C(=O)NCC(=O)O.NCCCCC(N)C(=O)NC(CC(=O)O)C(=O)O. The van der Waals surface area contributed by atoms with Gasteiger partial charge in [0.25, 0.3) is 0 Å². The summed E-state index contributed by atoms with van der Waals surface area (Å²) in [6.07, 6.45) is 0.835. The largest absolute Gasteiger partial charge is 0.481 e. The van der Waals surface area contributed by atoms with E-state index in [1.807, 2.05) is 5.32 Å². The molecule has 0 spiro atoms. The summed E-state index contributed by atoms with van der Waals surface area (Å²) in [6, 6.07) is -3.30. The Bertz CT molecular complexity index is 658. The van der Waals surface area contributed by atoms with E-state index < -0.39 is 66.8 Å². The molecule has 0 radical (unpaired) electrons. The normalized spacial score (nSPS) is 12.8. The molecule has 0 aliphatic heterocycles. The van der Waals surface area contributed by atoms with Gasteiger partial charge in [-0.05, 0) is 25.8 Å². The third-order valence-electron chi connectivity index (χ3n) is 3.72. The van der Waals surface area contributed by atoms with Crippen LogP contribution in [0.15, 0.2) is 0 Å². The van der Waals surface area contributed by atoms with E-state index in [0.717, 1.165) is 6.42 Å². The molecule has 0 rings (SSSR count).